The van der Waals surface area contributed by atoms with Crippen LogP contribution < -0.4 is 9.46 Å². The third-order valence-corrected chi connectivity index (χ3v) is 7.66. The molecule has 12 heteroatoms. The van der Waals surface area contributed by atoms with Gasteiger partial charge in [-0.25, -0.2) is 22.8 Å². The van der Waals surface area contributed by atoms with E-state index in [9.17, 15) is 13.2 Å². The normalized spacial score (nSPS) is 17.1. The number of aryl methyl sites for hydroxylation is 2. The number of nitrogens with one attached hydrogen (secondary N) is 1. The van der Waals surface area contributed by atoms with E-state index in [1.165, 1.54) is 12.1 Å². The second kappa shape index (κ2) is 10.5. The number of aromatic nitrogens is 3. The van der Waals surface area contributed by atoms with Crippen molar-refractivity contribution in [3.8, 4) is 5.75 Å². The number of benzene rings is 1. The van der Waals surface area contributed by atoms with Crippen LogP contribution in [0.25, 0.3) is 0 Å². The van der Waals surface area contributed by atoms with Gasteiger partial charge in [0.25, 0.3) is 5.91 Å². The van der Waals surface area contributed by atoms with E-state index in [0.29, 0.717) is 36.4 Å². The van der Waals surface area contributed by atoms with Crippen LogP contribution in [0.4, 0.5) is 10.2 Å². The maximum atomic E-state index is 15.3. The number of carbonyl (C=O) groups excluding carboxylic acids is 1. The van der Waals surface area contributed by atoms with Crippen molar-refractivity contribution >= 4 is 33.3 Å². The van der Waals surface area contributed by atoms with Gasteiger partial charge < -0.3 is 14.2 Å². The average molecular weight is 562 g/mol. The summed E-state index contributed by atoms with van der Waals surface area (Å²) in [6.45, 7) is 2.72. The third kappa shape index (κ3) is 5.35. The summed E-state index contributed by atoms with van der Waals surface area (Å²) in [4.78, 5) is 24.4. The number of carbonyl (C=O) groups is 1. The average Bonchev–Trinajstić information content (AvgIpc) is 3.25. The van der Waals surface area contributed by atoms with Crippen LogP contribution in [-0.2, 0) is 40.6 Å². The molecule has 1 N–H and O–H groups in total. The standard InChI is InChI=1S/C26H29ClFN5O4S/c1-3-19-21(9-10-22(29-19)31-38(2,35)36)37-15-24(34)33-13-11-20-26(32-12-5-4-6-23(32)30-20)25(33)17-8-7-16(27)14-18(17)28/h7-10,14,25H,3-6,11-13,15H2,1-2H3,(H,29,31). The Kier molecular flexibility index (Phi) is 7.32. The monoisotopic (exact) mass is 561 g/mol. The molecule has 2 aliphatic heterocycles. The second-order valence-corrected chi connectivity index (χ2v) is 11.7. The lowest BCUT2D eigenvalue weighted by Gasteiger charge is -2.37. The molecule has 202 valence electrons. The maximum absolute atomic E-state index is 15.3. The van der Waals surface area contributed by atoms with Crippen LogP contribution >= 0.6 is 11.6 Å². The van der Waals surface area contributed by atoms with E-state index in [1.54, 1.807) is 23.1 Å². The first kappa shape index (κ1) is 26.4. The van der Waals surface area contributed by atoms with Crippen LogP contribution in [0.3, 0.4) is 0 Å². The Morgan fingerprint density at radius 1 is 1.18 bits per heavy atom. The Balaban J connectivity index is 1.44. The molecular formula is C26H29ClFN5O4S. The van der Waals surface area contributed by atoms with Crippen LogP contribution in [-0.4, -0.2) is 53.2 Å². The molecule has 1 unspecified atom stereocenters. The molecular weight excluding hydrogens is 533 g/mol. The zero-order valence-electron chi connectivity index (χ0n) is 21.2. The Morgan fingerprint density at radius 2 is 2.00 bits per heavy atom. The highest BCUT2D eigenvalue weighted by Crippen LogP contribution is 2.39. The molecule has 2 aliphatic rings. The number of ether oxygens (including phenoxy) is 1. The van der Waals surface area contributed by atoms with Gasteiger partial charge in [0.05, 0.1) is 23.3 Å². The van der Waals surface area contributed by atoms with Crippen molar-refractivity contribution in [2.75, 3.05) is 24.1 Å². The number of imidazole rings is 1. The van der Waals surface area contributed by atoms with Gasteiger partial charge in [-0.2, -0.15) is 0 Å². The van der Waals surface area contributed by atoms with Crippen LogP contribution in [0.5, 0.6) is 5.75 Å². The van der Waals surface area contributed by atoms with Crippen LogP contribution in [0.2, 0.25) is 5.02 Å². The van der Waals surface area contributed by atoms with Crippen LogP contribution in [0, 0.1) is 5.82 Å². The van der Waals surface area contributed by atoms with Crippen molar-refractivity contribution in [3.05, 3.63) is 69.6 Å². The largest absolute Gasteiger partial charge is 0.482 e. The van der Waals surface area contributed by atoms with Gasteiger partial charge in [0.15, 0.2) is 6.61 Å². The van der Waals surface area contributed by atoms with Crippen molar-refractivity contribution in [2.45, 2.75) is 51.6 Å². The van der Waals surface area contributed by atoms with Gasteiger partial charge in [-0.1, -0.05) is 24.6 Å². The second-order valence-electron chi connectivity index (χ2n) is 9.53. The molecule has 1 aromatic carbocycles. The SMILES string of the molecule is CCc1nc(NS(C)(=O)=O)ccc1OCC(=O)N1CCc2nc3n(c2C1c1ccc(Cl)cc1F)CCCC3. The van der Waals surface area contributed by atoms with Crippen LogP contribution in [0.1, 0.15) is 54.3 Å². The lowest BCUT2D eigenvalue weighted by atomic mass is 9.94. The van der Waals surface area contributed by atoms with Gasteiger partial charge in [-0.3, -0.25) is 9.52 Å². The smallest absolute Gasteiger partial charge is 0.261 e. The van der Waals surface area contributed by atoms with E-state index in [2.05, 4.69) is 14.3 Å². The van der Waals surface area contributed by atoms with Crippen molar-refractivity contribution in [1.29, 1.82) is 0 Å². The van der Waals surface area contributed by atoms with Gasteiger partial charge in [0, 0.05) is 36.5 Å². The number of halogens is 2. The van der Waals surface area contributed by atoms with Gasteiger partial charge >= 0.3 is 0 Å². The minimum absolute atomic E-state index is 0.176. The Labute approximate surface area is 226 Å². The predicted octanol–water partition coefficient (Wildman–Crippen LogP) is 3.89. The number of anilines is 1. The molecule has 0 fully saturated rings. The first-order valence-electron chi connectivity index (χ1n) is 12.6. The molecule has 0 aliphatic carbocycles. The minimum Gasteiger partial charge on any atom is -0.482 e. The van der Waals surface area contributed by atoms with Crippen molar-refractivity contribution in [2.24, 2.45) is 0 Å². The molecule has 4 heterocycles. The summed E-state index contributed by atoms with van der Waals surface area (Å²) in [5, 5.41) is 0.284. The van der Waals surface area contributed by atoms with Crippen molar-refractivity contribution in [3.63, 3.8) is 0 Å². The Bertz CT molecular complexity index is 1490. The first-order valence-corrected chi connectivity index (χ1v) is 14.8. The molecule has 1 amide bonds. The summed E-state index contributed by atoms with van der Waals surface area (Å²) in [6.07, 6.45) is 5.00. The first-order chi connectivity index (χ1) is 18.1. The van der Waals surface area contributed by atoms with Gasteiger partial charge in [-0.05, 0) is 43.5 Å². The van der Waals surface area contributed by atoms with E-state index in [-0.39, 0.29) is 23.4 Å². The van der Waals surface area contributed by atoms with E-state index < -0.39 is 21.9 Å². The number of nitrogens with zero attached hydrogens (tertiary/aromatic N) is 4. The van der Waals surface area contributed by atoms with Gasteiger partial charge in [0.2, 0.25) is 10.0 Å². The molecule has 38 heavy (non-hydrogen) atoms. The predicted molar refractivity (Wildman–Crippen MR) is 141 cm³/mol. The zero-order valence-corrected chi connectivity index (χ0v) is 22.8. The number of sulfonamides is 1. The van der Waals surface area contributed by atoms with Crippen molar-refractivity contribution in [1.82, 2.24) is 19.4 Å². The summed E-state index contributed by atoms with van der Waals surface area (Å²) >= 11 is 6.04. The zero-order chi connectivity index (χ0) is 27.0. The lowest BCUT2D eigenvalue weighted by Crippen LogP contribution is -2.44. The van der Waals surface area contributed by atoms with Gasteiger partial charge in [0.1, 0.15) is 29.3 Å². The number of amides is 1. The summed E-state index contributed by atoms with van der Waals surface area (Å²) in [5.74, 6) is 0.755. The summed E-state index contributed by atoms with van der Waals surface area (Å²) in [5.41, 5.74) is 2.63. The summed E-state index contributed by atoms with van der Waals surface area (Å²) in [7, 11) is -3.48. The molecule has 1 atom stereocenters. The topological polar surface area (TPSA) is 106 Å². The fraction of sp³-hybridized carbons (Fsp3) is 0.423. The highest BCUT2D eigenvalue weighted by Gasteiger charge is 2.38. The highest BCUT2D eigenvalue weighted by atomic mass is 35.5. The molecule has 0 spiro atoms. The summed E-state index contributed by atoms with van der Waals surface area (Å²) in [6, 6.07) is 6.95. The number of pyridine rings is 1. The van der Waals surface area contributed by atoms with E-state index >= 15 is 4.39 Å². The number of fused-ring (bicyclic) bond motifs is 3. The molecule has 0 saturated heterocycles. The number of rotatable bonds is 7. The fourth-order valence-electron chi connectivity index (χ4n) is 5.20. The molecule has 0 radical (unpaired) electrons. The molecule has 9 nitrogen and oxygen atoms in total. The Morgan fingerprint density at radius 3 is 2.74 bits per heavy atom. The fourth-order valence-corrected chi connectivity index (χ4v) is 5.86. The molecule has 5 rings (SSSR count). The van der Waals surface area contributed by atoms with Gasteiger partial charge in [-0.15, -0.1) is 0 Å². The molecule has 3 aromatic rings. The van der Waals surface area contributed by atoms with E-state index in [4.69, 9.17) is 21.3 Å². The van der Waals surface area contributed by atoms with Crippen LogP contribution in [0.15, 0.2) is 30.3 Å². The maximum Gasteiger partial charge on any atom is 0.261 e. The lowest BCUT2D eigenvalue weighted by molar-refractivity contribution is -0.135. The summed E-state index contributed by atoms with van der Waals surface area (Å²) < 4.78 is 48.7. The molecule has 0 saturated carbocycles. The molecule has 0 bridgehead atoms. The van der Waals surface area contributed by atoms with E-state index in [0.717, 1.165) is 49.3 Å². The number of hydrogen-bond donors (Lipinski definition) is 1. The molecule has 2 aromatic heterocycles. The Hall–Kier alpha value is -3.18. The third-order valence-electron chi connectivity index (χ3n) is 6.84. The highest BCUT2D eigenvalue weighted by molar-refractivity contribution is 7.92. The minimum atomic E-state index is -3.48. The number of hydrogen-bond acceptors (Lipinski definition) is 6. The van der Waals surface area contributed by atoms with Crippen molar-refractivity contribution < 1.29 is 22.3 Å². The van der Waals surface area contributed by atoms with E-state index in [1.807, 2.05) is 6.92 Å². The quantitative estimate of drug-likeness (QED) is 0.469.